The van der Waals surface area contributed by atoms with Gasteiger partial charge in [0.05, 0.1) is 18.2 Å². The molecule has 4 rings (SSSR count). The zero-order chi connectivity index (χ0) is 20.4. The number of anilines is 1. The minimum atomic E-state index is -0.288. The van der Waals surface area contributed by atoms with Crippen molar-refractivity contribution >= 4 is 23.3 Å². The molecule has 4 nitrogen and oxygen atoms in total. The van der Waals surface area contributed by atoms with Gasteiger partial charge in [0.2, 0.25) is 0 Å². The van der Waals surface area contributed by atoms with Gasteiger partial charge in [-0.15, -0.1) is 0 Å². The van der Waals surface area contributed by atoms with E-state index in [1.165, 1.54) is 16.7 Å². The summed E-state index contributed by atoms with van der Waals surface area (Å²) in [6.45, 7) is 6.19. The van der Waals surface area contributed by atoms with Crippen LogP contribution in [0.1, 0.15) is 41.8 Å². The predicted octanol–water partition coefficient (Wildman–Crippen LogP) is 4.99. The van der Waals surface area contributed by atoms with Crippen LogP contribution in [0, 0.1) is 0 Å². The Kier molecular flexibility index (Phi) is 5.93. The van der Waals surface area contributed by atoms with Crippen LogP contribution in [0.4, 0.5) is 5.69 Å². The van der Waals surface area contributed by atoms with E-state index in [2.05, 4.69) is 34.5 Å². The molecule has 1 saturated heterocycles. The molecule has 0 aromatic heterocycles. The van der Waals surface area contributed by atoms with E-state index in [9.17, 15) is 4.79 Å². The summed E-state index contributed by atoms with van der Waals surface area (Å²) in [5.74, 6) is -0.288. The maximum atomic E-state index is 11.9. The average Bonchev–Trinajstić information content (AvgIpc) is 2.73. The van der Waals surface area contributed by atoms with Gasteiger partial charge in [0, 0.05) is 29.9 Å². The molecule has 5 heteroatoms. The standard InChI is InChI=1S/C24H27ClN2O2/c1-3-29-24(28)17-8-10-20(11-9-17)26-23-21(16(2)25)12-13-27-15-19-7-5-4-6-18(19)14-22(23)27/h4-11,22-23,26H,3,12-15H2,1-2H3/b21-16-/t22-,23-/m0/s1. The summed E-state index contributed by atoms with van der Waals surface area (Å²) >= 11 is 6.51. The van der Waals surface area contributed by atoms with Gasteiger partial charge in [-0.05, 0) is 67.7 Å². The van der Waals surface area contributed by atoms with Gasteiger partial charge < -0.3 is 10.1 Å². The van der Waals surface area contributed by atoms with E-state index in [0.717, 1.165) is 36.7 Å². The van der Waals surface area contributed by atoms with Gasteiger partial charge in [-0.25, -0.2) is 4.79 Å². The summed E-state index contributed by atoms with van der Waals surface area (Å²) in [7, 11) is 0. The molecule has 2 aromatic rings. The summed E-state index contributed by atoms with van der Waals surface area (Å²) in [5, 5.41) is 4.58. The molecule has 2 aliphatic heterocycles. The number of fused-ring (bicyclic) bond motifs is 2. The van der Waals surface area contributed by atoms with Crippen LogP contribution in [-0.2, 0) is 17.7 Å². The van der Waals surface area contributed by atoms with Gasteiger partial charge in [-0.2, -0.15) is 0 Å². The SMILES string of the molecule is CCOC(=O)c1ccc(N[C@H]2/C(=C(/C)Cl)CCN3Cc4ccccc4C[C@@H]23)cc1. The van der Waals surface area contributed by atoms with Crippen molar-refractivity contribution in [2.75, 3.05) is 18.5 Å². The van der Waals surface area contributed by atoms with Crippen molar-refractivity contribution < 1.29 is 9.53 Å². The van der Waals surface area contributed by atoms with Crippen LogP contribution in [0.25, 0.3) is 0 Å². The van der Waals surface area contributed by atoms with E-state index in [1.807, 2.05) is 38.1 Å². The maximum absolute atomic E-state index is 11.9. The molecular formula is C24H27ClN2O2. The Balaban J connectivity index is 1.59. The first kappa shape index (κ1) is 20.0. The first-order valence-corrected chi connectivity index (χ1v) is 10.6. The molecule has 1 N–H and O–H groups in total. The normalized spacial score (nSPS) is 23.0. The molecule has 29 heavy (non-hydrogen) atoms. The number of carbonyl (C=O) groups excluding carboxylic acids is 1. The number of hydrogen-bond acceptors (Lipinski definition) is 4. The molecule has 2 atom stereocenters. The topological polar surface area (TPSA) is 41.6 Å². The molecule has 1 fully saturated rings. The van der Waals surface area contributed by atoms with E-state index in [1.54, 1.807) is 0 Å². The highest BCUT2D eigenvalue weighted by molar-refractivity contribution is 6.29. The van der Waals surface area contributed by atoms with Crippen molar-refractivity contribution in [3.63, 3.8) is 0 Å². The Bertz CT molecular complexity index is 919. The van der Waals surface area contributed by atoms with Crippen molar-refractivity contribution in [3.05, 3.63) is 75.8 Å². The molecule has 2 aliphatic rings. The van der Waals surface area contributed by atoms with Crippen molar-refractivity contribution in [1.82, 2.24) is 4.90 Å². The lowest BCUT2D eigenvalue weighted by Crippen LogP contribution is -2.55. The minimum absolute atomic E-state index is 0.142. The third-order valence-electron chi connectivity index (χ3n) is 5.98. The molecule has 0 radical (unpaired) electrons. The van der Waals surface area contributed by atoms with Gasteiger partial charge in [-0.1, -0.05) is 35.9 Å². The van der Waals surface area contributed by atoms with E-state index >= 15 is 0 Å². The quantitative estimate of drug-likeness (QED) is 0.721. The Morgan fingerprint density at radius 2 is 1.90 bits per heavy atom. The first-order valence-electron chi connectivity index (χ1n) is 10.3. The Hall–Kier alpha value is -2.30. The number of rotatable bonds is 4. The fourth-order valence-corrected chi connectivity index (χ4v) is 4.71. The van der Waals surface area contributed by atoms with Gasteiger partial charge in [0.15, 0.2) is 0 Å². The number of esters is 1. The summed E-state index contributed by atoms with van der Waals surface area (Å²) < 4.78 is 5.08. The summed E-state index contributed by atoms with van der Waals surface area (Å²) in [6.07, 6.45) is 1.97. The number of ether oxygens (including phenoxy) is 1. The second-order valence-corrected chi connectivity index (χ2v) is 8.31. The van der Waals surface area contributed by atoms with Gasteiger partial charge in [0.1, 0.15) is 0 Å². The van der Waals surface area contributed by atoms with Crippen LogP contribution < -0.4 is 5.32 Å². The fourth-order valence-electron chi connectivity index (χ4n) is 4.49. The zero-order valence-corrected chi connectivity index (χ0v) is 17.7. The lowest BCUT2D eigenvalue weighted by atomic mass is 9.82. The third-order valence-corrected chi connectivity index (χ3v) is 6.22. The van der Waals surface area contributed by atoms with Crippen LogP contribution in [0.15, 0.2) is 59.1 Å². The molecule has 0 amide bonds. The third kappa shape index (κ3) is 4.19. The molecule has 2 heterocycles. The molecule has 0 aliphatic carbocycles. The summed E-state index contributed by atoms with van der Waals surface area (Å²) in [6, 6.07) is 16.7. The summed E-state index contributed by atoms with van der Waals surface area (Å²) in [5.41, 5.74) is 5.68. The molecular weight excluding hydrogens is 384 g/mol. The largest absolute Gasteiger partial charge is 0.462 e. The lowest BCUT2D eigenvalue weighted by Gasteiger charge is -2.46. The van der Waals surface area contributed by atoms with Gasteiger partial charge >= 0.3 is 5.97 Å². The van der Waals surface area contributed by atoms with Crippen molar-refractivity contribution in [1.29, 1.82) is 0 Å². The number of nitrogens with zero attached hydrogens (tertiary/aromatic N) is 1. The molecule has 0 bridgehead atoms. The predicted molar refractivity (Wildman–Crippen MR) is 117 cm³/mol. The summed E-state index contributed by atoms with van der Waals surface area (Å²) in [4.78, 5) is 14.5. The van der Waals surface area contributed by atoms with Crippen LogP contribution in [0.5, 0.6) is 0 Å². The Morgan fingerprint density at radius 1 is 1.17 bits per heavy atom. The average molecular weight is 411 g/mol. The number of carbonyl (C=O) groups is 1. The van der Waals surface area contributed by atoms with Crippen LogP contribution in [0.2, 0.25) is 0 Å². The molecule has 0 spiro atoms. The number of halogens is 1. The minimum Gasteiger partial charge on any atom is -0.462 e. The van der Waals surface area contributed by atoms with E-state index in [-0.39, 0.29) is 12.0 Å². The number of nitrogens with one attached hydrogen (secondary N) is 1. The second kappa shape index (κ2) is 8.60. The zero-order valence-electron chi connectivity index (χ0n) is 17.0. The molecule has 152 valence electrons. The fraction of sp³-hybridized carbons (Fsp3) is 0.375. The van der Waals surface area contributed by atoms with Gasteiger partial charge in [0.25, 0.3) is 0 Å². The highest BCUT2D eigenvalue weighted by atomic mass is 35.5. The van der Waals surface area contributed by atoms with E-state index < -0.39 is 0 Å². The molecule has 0 saturated carbocycles. The number of allylic oxidation sites excluding steroid dienone is 1. The number of hydrogen-bond donors (Lipinski definition) is 1. The van der Waals surface area contributed by atoms with Crippen LogP contribution >= 0.6 is 11.6 Å². The Morgan fingerprint density at radius 3 is 2.59 bits per heavy atom. The molecule has 0 unspecified atom stereocenters. The van der Waals surface area contributed by atoms with Crippen molar-refractivity contribution in [2.45, 2.75) is 45.3 Å². The first-order chi connectivity index (χ1) is 14.1. The van der Waals surface area contributed by atoms with E-state index in [4.69, 9.17) is 16.3 Å². The van der Waals surface area contributed by atoms with Gasteiger partial charge in [-0.3, -0.25) is 4.90 Å². The number of benzene rings is 2. The Labute approximate surface area is 177 Å². The molecule has 2 aromatic carbocycles. The number of piperidine rings is 1. The van der Waals surface area contributed by atoms with Crippen LogP contribution in [0.3, 0.4) is 0 Å². The highest BCUT2D eigenvalue weighted by Gasteiger charge is 2.38. The second-order valence-electron chi connectivity index (χ2n) is 7.74. The lowest BCUT2D eigenvalue weighted by molar-refractivity contribution is 0.0526. The smallest absolute Gasteiger partial charge is 0.338 e. The van der Waals surface area contributed by atoms with Crippen LogP contribution in [-0.4, -0.2) is 36.1 Å². The highest BCUT2D eigenvalue weighted by Crippen LogP contribution is 2.35. The van der Waals surface area contributed by atoms with Crippen molar-refractivity contribution in [3.8, 4) is 0 Å². The monoisotopic (exact) mass is 410 g/mol. The van der Waals surface area contributed by atoms with E-state index in [0.29, 0.717) is 18.2 Å². The maximum Gasteiger partial charge on any atom is 0.338 e. The van der Waals surface area contributed by atoms with Crippen molar-refractivity contribution in [2.24, 2.45) is 0 Å².